The summed E-state index contributed by atoms with van der Waals surface area (Å²) in [5.41, 5.74) is 2.56. The first-order valence-corrected chi connectivity index (χ1v) is 2.14. The van der Waals surface area contributed by atoms with Gasteiger partial charge in [-0.1, -0.05) is 0 Å². The second kappa shape index (κ2) is 3.06. The molecule has 0 aromatic carbocycles. The molecule has 0 aromatic heterocycles. The number of hydrogen-bond acceptors (Lipinski definition) is 0. The maximum absolute atomic E-state index is 3.30. The topological polar surface area (TPSA) is 0 Å². The van der Waals surface area contributed by atoms with Crippen LogP contribution in [0.5, 0.6) is 0 Å². The van der Waals surface area contributed by atoms with E-state index in [2.05, 4.69) is 12.3 Å². The minimum atomic E-state index is 1.76. The molecule has 0 aromatic rings. The van der Waals surface area contributed by atoms with Crippen LogP contribution in [0.25, 0.3) is 0 Å². The number of hydrogen-bond donors (Lipinski definition) is 0. The molecule has 0 aliphatic carbocycles. The summed E-state index contributed by atoms with van der Waals surface area (Å²) >= 11 is 1.88. The van der Waals surface area contributed by atoms with Gasteiger partial charge in [-0.2, -0.15) is 0 Å². The van der Waals surface area contributed by atoms with Crippen LogP contribution in [0.2, 0.25) is 0 Å². The normalized spacial score (nSPS) is 4.25. The van der Waals surface area contributed by atoms with Crippen LogP contribution < -0.4 is 0 Å². The van der Waals surface area contributed by atoms with Crippen LogP contribution in [0.1, 0.15) is 0 Å². The van der Waals surface area contributed by atoms with Gasteiger partial charge in [-0.25, -0.2) is 0 Å². The van der Waals surface area contributed by atoms with Gasteiger partial charge in [0.05, 0.1) is 0 Å². The molecule has 0 saturated heterocycles. The summed E-state index contributed by atoms with van der Waals surface area (Å²) < 4.78 is 0. The Labute approximate surface area is 34.4 Å². The molecular weight excluding hydrogens is 109 g/mol. The van der Waals surface area contributed by atoms with E-state index in [0.717, 1.165) is 0 Å². The summed E-state index contributed by atoms with van der Waals surface area (Å²) in [5.74, 6) is 0. The van der Waals surface area contributed by atoms with Gasteiger partial charge in [-0.15, -0.1) is 0 Å². The van der Waals surface area contributed by atoms with Crippen molar-refractivity contribution in [1.29, 1.82) is 0 Å². The Morgan fingerprint density at radius 1 is 2.00 bits per heavy atom. The molecule has 0 aliphatic heterocycles. The van der Waals surface area contributed by atoms with Crippen molar-refractivity contribution in [3.63, 3.8) is 0 Å². The summed E-state index contributed by atoms with van der Waals surface area (Å²) in [5, 5.41) is 0. The molecule has 0 atom stereocenters. The van der Waals surface area contributed by atoms with Crippen molar-refractivity contribution >= 4 is 16.5 Å². The van der Waals surface area contributed by atoms with E-state index in [9.17, 15) is 0 Å². The van der Waals surface area contributed by atoms with Gasteiger partial charge in [0.1, 0.15) is 0 Å². The van der Waals surface area contributed by atoms with Crippen molar-refractivity contribution in [2.75, 3.05) is 0 Å². The maximum atomic E-state index is 3.30. The molecule has 1 heteroatoms. The molecule has 0 fully saturated rings. The van der Waals surface area contributed by atoms with E-state index in [1.54, 1.807) is 4.91 Å². The van der Waals surface area contributed by atoms with Crippen LogP contribution in [0, 0.1) is 0 Å². The molecule has 0 nitrogen and oxygen atoms in total. The van der Waals surface area contributed by atoms with E-state index in [1.165, 1.54) is 0 Å². The van der Waals surface area contributed by atoms with Crippen molar-refractivity contribution < 1.29 is 0 Å². The van der Waals surface area contributed by atoms with Crippen LogP contribution in [0.3, 0.4) is 0 Å². The Morgan fingerprint density at radius 3 is 2.25 bits per heavy atom. The fourth-order valence-electron chi connectivity index (χ4n) is 0. The molecule has 0 amide bonds. The monoisotopic (exact) mass is 113 g/mol. The molecule has 0 rings (SSSR count). The van der Waals surface area contributed by atoms with Crippen molar-refractivity contribution in [2.45, 2.75) is 0 Å². The molecule has 0 spiro atoms. The molecule has 4 heavy (non-hydrogen) atoms. The van der Waals surface area contributed by atoms with Crippen molar-refractivity contribution in [3.8, 4) is 0 Å². The Hall–Kier alpha value is 0.0629. The van der Waals surface area contributed by atoms with Gasteiger partial charge in [-0.05, 0) is 0 Å². The molecule has 3 radical (unpaired) electrons. The molecule has 0 bridgehead atoms. The van der Waals surface area contributed by atoms with Gasteiger partial charge in [0.2, 0.25) is 0 Å². The molecule has 0 saturated carbocycles. The van der Waals surface area contributed by atoms with Crippen LogP contribution in [0.15, 0.2) is 17.2 Å². The summed E-state index contributed by atoms with van der Waals surface area (Å²) in [6.45, 7) is 3.30. The molecule has 0 aliphatic rings. The summed E-state index contributed by atoms with van der Waals surface area (Å²) in [6, 6.07) is 0. The summed E-state index contributed by atoms with van der Waals surface area (Å²) in [6.07, 6.45) is 0. The van der Waals surface area contributed by atoms with Crippen molar-refractivity contribution in [1.82, 2.24) is 0 Å². The van der Waals surface area contributed by atoms with Gasteiger partial charge in [0.25, 0.3) is 0 Å². The average Bonchev–Trinajstić information content (AvgIpc) is 1.37. The zero-order valence-electron chi connectivity index (χ0n) is 2.28. The Kier molecular flexibility index (Phi) is 3.11. The minimum absolute atomic E-state index is 1.76. The van der Waals surface area contributed by atoms with E-state index in [1.807, 2.05) is 16.5 Å². The second-order valence-electron chi connectivity index (χ2n) is 0.348. The molecule has 0 N–H and O–H groups in total. The Balaban J connectivity index is 3.11. The fraction of sp³-hybridized carbons (Fsp3) is 0. The third-order valence-corrected chi connectivity index (χ3v) is 0.530. The van der Waals surface area contributed by atoms with Crippen molar-refractivity contribution in [3.05, 3.63) is 17.2 Å². The molecule has 0 unspecified atom stereocenters. The molecule has 0 heterocycles. The van der Waals surface area contributed by atoms with E-state index >= 15 is 0 Å². The van der Waals surface area contributed by atoms with Crippen LogP contribution in [0.4, 0.5) is 0 Å². The first-order chi connectivity index (χ1) is 1.91. The average molecular weight is 112 g/mol. The number of rotatable bonds is 0. The Bertz CT molecular complexity index is 41.2. The van der Waals surface area contributed by atoms with E-state index in [-0.39, 0.29) is 0 Å². The molecule has 19 valence electrons. The van der Waals surface area contributed by atoms with Gasteiger partial charge >= 0.3 is 33.7 Å². The fourth-order valence-corrected chi connectivity index (χ4v) is 0. The predicted molar refractivity (Wildman–Crippen MR) is 19.5 cm³/mol. The first kappa shape index (κ1) is 4.06. The Morgan fingerprint density at radius 2 is 2.25 bits per heavy atom. The van der Waals surface area contributed by atoms with Gasteiger partial charge in [-0.3, -0.25) is 0 Å². The van der Waals surface area contributed by atoms with E-state index in [4.69, 9.17) is 0 Å². The van der Waals surface area contributed by atoms with Crippen LogP contribution in [-0.2, 0) is 0 Å². The van der Waals surface area contributed by atoms with Gasteiger partial charge in [0.15, 0.2) is 0 Å². The van der Waals surface area contributed by atoms with Crippen molar-refractivity contribution in [2.24, 2.45) is 0 Å². The predicted octanol–water partition coefficient (Wildman–Crippen LogP) is 0.453. The van der Waals surface area contributed by atoms with Crippen LogP contribution in [-0.4, -0.2) is 16.5 Å². The standard InChI is InChI=1S/C3H3Ge/c1-2-3-4/h3H,1H2. The SMILES string of the molecule is C=C=[CH][Ge]. The zero-order chi connectivity index (χ0) is 3.41. The third-order valence-electron chi connectivity index (χ3n) is 0.102. The van der Waals surface area contributed by atoms with Crippen LogP contribution >= 0.6 is 0 Å². The van der Waals surface area contributed by atoms with Gasteiger partial charge in [0, 0.05) is 0 Å². The third kappa shape index (κ3) is 2.06. The quantitative estimate of drug-likeness (QED) is 0.315. The summed E-state index contributed by atoms with van der Waals surface area (Å²) in [4.78, 5) is 1.76. The van der Waals surface area contributed by atoms with E-state index < -0.39 is 0 Å². The van der Waals surface area contributed by atoms with Gasteiger partial charge < -0.3 is 0 Å². The summed E-state index contributed by atoms with van der Waals surface area (Å²) in [7, 11) is 0. The second-order valence-corrected chi connectivity index (χ2v) is 0.954. The first-order valence-electron chi connectivity index (χ1n) is 0.931. The van der Waals surface area contributed by atoms with E-state index in [0.29, 0.717) is 0 Å². The zero-order valence-corrected chi connectivity index (χ0v) is 4.38. The molecular formula is C3H3Ge.